The minimum atomic E-state index is -3.76. The summed E-state index contributed by atoms with van der Waals surface area (Å²) in [6.07, 6.45) is 4.89. The molecule has 1 aliphatic heterocycles. The zero-order chi connectivity index (χ0) is 23.4. The smallest absolute Gasteiger partial charge is 0.262 e. The van der Waals surface area contributed by atoms with Crippen LogP contribution in [0.4, 0.5) is 11.5 Å². The van der Waals surface area contributed by atoms with Crippen LogP contribution in [-0.2, 0) is 10.0 Å². The van der Waals surface area contributed by atoms with Crippen molar-refractivity contribution in [3.8, 4) is 17.0 Å². The first kappa shape index (κ1) is 23.0. The van der Waals surface area contributed by atoms with Crippen LogP contribution < -0.4 is 14.4 Å². The molecule has 0 spiro atoms. The molecule has 174 valence electrons. The largest absolute Gasteiger partial charge is 0.496 e. The Bertz CT molecular complexity index is 1220. The van der Waals surface area contributed by atoms with Crippen LogP contribution >= 0.6 is 0 Å². The molecule has 1 aromatic heterocycles. The molecule has 1 fully saturated rings. The third kappa shape index (κ3) is 5.27. The molecule has 0 unspecified atom stereocenters. The quantitative estimate of drug-likeness (QED) is 0.553. The van der Waals surface area contributed by atoms with E-state index in [4.69, 9.17) is 4.74 Å². The highest BCUT2D eigenvalue weighted by molar-refractivity contribution is 7.92. The Labute approximate surface area is 195 Å². The van der Waals surface area contributed by atoms with Crippen LogP contribution in [0.15, 0.2) is 53.4 Å². The molecule has 4 rings (SSSR count). The van der Waals surface area contributed by atoms with Gasteiger partial charge in [-0.2, -0.15) is 0 Å². The summed E-state index contributed by atoms with van der Waals surface area (Å²) in [7, 11) is -2.19. The summed E-state index contributed by atoms with van der Waals surface area (Å²) in [6.45, 7) is 5.60. The second-order valence-electron chi connectivity index (χ2n) is 8.45. The van der Waals surface area contributed by atoms with Crippen molar-refractivity contribution in [3.63, 3.8) is 0 Å². The van der Waals surface area contributed by atoms with Gasteiger partial charge in [0.25, 0.3) is 10.0 Å². The van der Waals surface area contributed by atoms with Crippen LogP contribution in [0, 0.1) is 13.8 Å². The summed E-state index contributed by atoms with van der Waals surface area (Å²) in [5.41, 5.74) is 3.35. The molecule has 1 N–H and O–H groups in total. The number of nitrogens with zero attached hydrogens (tertiary/aromatic N) is 3. The van der Waals surface area contributed by atoms with Gasteiger partial charge in [-0.15, -0.1) is 10.2 Å². The van der Waals surface area contributed by atoms with E-state index in [9.17, 15) is 8.42 Å². The fraction of sp³-hybridized carbons (Fsp3) is 0.360. The number of aryl methyl sites for hydroxylation is 2. The molecule has 33 heavy (non-hydrogen) atoms. The molecule has 0 aliphatic carbocycles. The fourth-order valence-electron chi connectivity index (χ4n) is 4.17. The highest BCUT2D eigenvalue weighted by atomic mass is 32.2. The number of anilines is 2. The van der Waals surface area contributed by atoms with E-state index in [0.717, 1.165) is 30.0 Å². The zero-order valence-electron chi connectivity index (χ0n) is 19.3. The van der Waals surface area contributed by atoms with E-state index in [1.165, 1.54) is 25.7 Å². The summed E-state index contributed by atoms with van der Waals surface area (Å²) < 4.78 is 34.2. The van der Waals surface area contributed by atoms with Gasteiger partial charge in [-0.1, -0.05) is 25.0 Å². The van der Waals surface area contributed by atoms with Crippen molar-refractivity contribution in [2.75, 3.05) is 29.8 Å². The zero-order valence-corrected chi connectivity index (χ0v) is 20.2. The highest BCUT2D eigenvalue weighted by Gasteiger charge is 2.19. The Morgan fingerprint density at radius 1 is 0.909 bits per heavy atom. The van der Waals surface area contributed by atoms with Crippen LogP contribution in [0.3, 0.4) is 0 Å². The lowest BCUT2D eigenvalue weighted by Crippen LogP contribution is -2.25. The maximum absolute atomic E-state index is 13.1. The van der Waals surface area contributed by atoms with Crippen LogP contribution in [0.25, 0.3) is 11.3 Å². The van der Waals surface area contributed by atoms with Crippen molar-refractivity contribution in [1.29, 1.82) is 0 Å². The molecule has 2 aromatic carbocycles. The average molecular weight is 467 g/mol. The molecule has 1 saturated heterocycles. The van der Waals surface area contributed by atoms with Gasteiger partial charge < -0.3 is 9.64 Å². The highest BCUT2D eigenvalue weighted by Crippen LogP contribution is 2.28. The lowest BCUT2D eigenvalue weighted by Gasteiger charge is -2.20. The third-order valence-electron chi connectivity index (χ3n) is 5.97. The van der Waals surface area contributed by atoms with Crippen molar-refractivity contribution in [2.24, 2.45) is 0 Å². The van der Waals surface area contributed by atoms with Crippen molar-refractivity contribution < 1.29 is 13.2 Å². The summed E-state index contributed by atoms with van der Waals surface area (Å²) in [5.74, 6) is 1.55. The van der Waals surface area contributed by atoms with Gasteiger partial charge in [0.05, 0.1) is 17.7 Å². The number of ether oxygens (including phenoxy) is 1. The normalized spacial score (nSPS) is 14.6. The lowest BCUT2D eigenvalue weighted by molar-refractivity contribution is 0.411. The van der Waals surface area contributed by atoms with Gasteiger partial charge in [-0.3, -0.25) is 4.72 Å². The molecule has 0 bridgehead atoms. The first-order valence-electron chi connectivity index (χ1n) is 11.2. The van der Waals surface area contributed by atoms with Gasteiger partial charge in [0.15, 0.2) is 5.82 Å². The predicted molar refractivity (Wildman–Crippen MR) is 131 cm³/mol. The SMILES string of the molecule is COc1cc(C)c(S(=O)(=O)Nc2cccc(-c3ccc(N4CCCCCC4)nn3)c2)cc1C. The number of nitrogens with one attached hydrogen (secondary N) is 1. The second kappa shape index (κ2) is 9.79. The van der Waals surface area contributed by atoms with Crippen LogP contribution in [0.5, 0.6) is 5.75 Å². The van der Waals surface area contributed by atoms with Gasteiger partial charge in [-0.05, 0) is 74.2 Å². The number of hydrogen-bond acceptors (Lipinski definition) is 6. The Hall–Kier alpha value is -3.13. The van der Waals surface area contributed by atoms with Crippen LogP contribution in [-0.4, -0.2) is 38.8 Å². The first-order chi connectivity index (χ1) is 15.9. The molecule has 1 aliphatic rings. The van der Waals surface area contributed by atoms with E-state index in [-0.39, 0.29) is 4.90 Å². The summed E-state index contributed by atoms with van der Waals surface area (Å²) in [6, 6.07) is 14.5. The van der Waals surface area contributed by atoms with E-state index in [2.05, 4.69) is 19.8 Å². The van der Waals surface area contributed by atoms with Gasteiger partial charge >= 0.3 is 0 Å². The number of hydrogen-bond donors (Lipinski definition) is 1. The molecule has 7 nitrogen and oxygen atoms in total. The standard InChI is InChI=1S/C25H30N4O3S/c1-18-16-24(19(2)15-23(18)32-3)33(30,31)28-21-10-8-9-20(17-21)22-11-12-25(27-26-22)29-13-6-4-5-7-14-29/h8-12,15-17,28H,4-7,13-14H2,1-3H3. The number of aromatic nitrogens is 2. The Morgan fingerprint density at radius 3 is 2.33 bits per heavy atom. The molecular weight excluding hydrogens is 436 g/mol. The van der Waals surface area contributed by atoms with Crippen LogP contribution in [0.1, 0.15) is 36.8 Å². The fourth-order valence-corrected chi connectivity index (χ4v) is 5.53. The molecular formula is C25H30N4O3S. The van der Waals surface area contributed by atoms with Crippen molar-refractivity contribution >= 4 is 21.5 Å². The van der Waals surface area contributed by atoms with Gasteiger partial charge in [0.2, 0.25) is 0 Å². The van der Waals surface area contributed by atoms with Gasteiger partial charge in [0, 0.05) is 24.3 Å². The maximum Gasteiger partial charge on any atom is 0.262 e. The van der Waals surface area contributed by atoms with E-state index < -0.39 is 10.0 Å². The average Bonchev–Trinajstić information content (AvgIpc) is 3.10. The first-order valence-corrected chi connectivity index (χ1v) is 12.7. The Kier molecular flexibility index (Phi) is 6.83. The van der Waals surface area contributed by atoms with Crippen molar-refractivity contribution in [2.45, 2.75) is 44.4 Å². The van der Waals surface area contributed by atoms with E-state index in [0.29, 0.717) is 22.7 Å². The lowest BCUT2D eigenvalue weighted by atomic mass is 10.1. The molecule has 0 atom stereocenters. The molecule has 2 heterocycles. The van der Waals surface area contributed by atoms with Crippen molar-refractivity contribution in [1.82, 2.24) is 10.2 Å². The van der Waals surface area contributed by atoms with Gasteiger partial charge in [-0.25, -0.2) is 8.42 Å². The van der Waals surface area contributed by atoms with E-state index in [1.54, 1.807) is 38.3 Å². The molecule has 8 heteroatoms. The molecule has 0 saturated carbocycles. The number of benzene rings is 2. The second-order valence-corrected chi connectivity index (χ2v) is 10.1. The molecule has 3 aromatic rings. The van der Waals surface area contributed by atoms with Gasteiger partial charge in [0.1, 0.15) is 5.75 Å². The predicted octanol–water partition coefficient (Wildman–Crippen LogP) is 4.95. The molecule has 0 amide bonds. The number of rotatable bonds is 6. The summed E-state index contributed by atoms with van der Waals surface area (Å²) in [5, 5.41) is 8.85. The Balaban J connectivity index is 1.55. The summed E-state index contributed by atoms with van der Waals surface area (Å²) >= 11 is 0. The van der Waals surface area contributed by atoms with Crippen LogP contribution in [0.2, 0.25) is 0 Å². The monoisotopic (exact) mass is 466 g/mol. The topological polar surface area (TPSA) is 84.4 Å². The maximum atomic E-state index is 13.1. The Morgan fingerprint density at radius 2 is 1.67 bits per heavy atom. The van der Waals surface area contributed by atoms with E-state index in [1.807, 2.05) is 31.2 Å². The number of sulfonamides is 1. The summed E-state index contributed by atoms with van der Waals surface area (Å²) in [4.78, 5) is 2.51. The minimum absolute atomic E-state index is 0.229. The van der Waals surface area contributed by atoms with E-state index >= 15 is 0 Å². The number of methoxy groups -OCH3 is 1. The minimum Gasteiger partial charge on any atom is -0.496 e. The van der Waals surface area contributed by atoms with Crippen molar-refractivity contribution in [3.05, 3.63) is 59.7 Å². The third-order valence-corrected chi connectivity index (χ3v) is 7.50. The molecule has 0 radical (unpaired) electrons.